The van der Waals surface area contributed by atoms with E-state index in [1.165, 1.54) is 5.56 Å². The van der Waals surface area contributed by atoms with Crippen molar-refractivity contribution in [3.63, 3.8) is 0 Å². The van der Waals surface area contributed by atoms with Gasteiger partial charge in [0.15, 0.2) is 11.6 Å². The van der Waals surface area contributed by atoms with Crippen LogP contribution in [0.3, 0.4) is 0 Å². The van der Waals surface area contributed by atoms with Gasteiger partial charge in [0.05, 0.1) is 12.2 Å². The molecule has 0 bridgehead atoms. The Morgan fingerprint density at radius 1 is 1.21 bits per heavy atom. The van der Waals surface area contributed by atoms with Crippen molar-refractivity contribution in [1.82, 2.24) is 0 Å². The zero-order chi connectivity index (χ0) is 13.4. The molecule has 0 amide bonds. The summed E-state index contributed by atoms with van der Waals surface area (Å²) in [4.78, 5) is 2.07. The van der Waals surface area contributed by atoms with E-state index >= 15 is 0 Å². The van der Waals surface area contributed by atoms with E-state index in [0.717, 1.165) is 22.7 Å². The lowest BCUT2D eigenvalue weighted by molar-refractivity contribution is 0.440. The number of nitrogen functional groups attached to an aromatic ring is 1. The molecule has 0 saturated heterocycles. The van der Waals surface area contributed by atoms with Gasteiger partial charge in [0, 0.05) is 5.69 Å². The molecule has 0 saturated carbocycles. The van der Waals surface area contributed by atoms with E-state index in [-0.39, 0.29) is 0 Å². The molecule has 3 heteroatoms. The summed E-state index contributed by atoms with van der Waals surface area (Å²) >= 11 is 0. The number of hydrogen-bond donors (Lipinski definition) is 1. The number of ether oxygens (including phenoxy) is 1. The fraction of sp³-hybridized carbons (Fsp3) is 0.125. The van der Waals surface area contributed by atoms with E-state index in [1.54, 1.807) is 0 Å². The molecular weight excluding hydrogens is 236 g/mol. The van der Waals surface area contributed by atoms with Gasteiger partial charge in [0.25, 0.3) is 0 Å². The molecule has 0 fully saturated rings. The fourth-order valence-electron chi connectivity index (χ4n) is 2.29. The van der Waals surface area contributed by atoms with Crippen molar-refractivity contribution >= 4 is 11.4 Å². The molecule has 1 aliphatic rings. The highest BCUT2D eigenvalue weighted by Gasteiger charge is 2.24. The van der Waals surface area contributed by atoms with Crippen LogP contribution < -0.4 is 15.4 Å². The van der Waals surface area contributed by atoms with Gasteiger partial charge in [-0.25, -0.2) is 0 Å². The van der Waals surface area contributed by atoms with Crippen LogP contribution in [0.5, 0.6) is 5.75 Å². The minimum atomic E-state index is 0.656. The molecule has 96 valence electrons. The van der Waals surface area contributed by atoms with E-state index in [9.17, 15) is 0 Å². The molecule has 3 nitrogen and oxygen atoms in total. The minimum Gasteiger partial charge on any atom is -0.439 e. The lowest BCUT2D eigenvalue weighted by Gasteiger charge is -2.18. The van der Waals surface area contributed by atoms with Gasteiger partial charge in [-0.1, -0.05) is 18.2 Å². The number of rotatable bonds is 2. The van der Waals surface area contributed by atoms with Crippen LogP contribution in [0.2, 0.25) is 0 Å². The van der Waals surface area contributed by atoms with Gasteiger partial charge in [0.2, 0.25) is 0 Å². The number of hydrogen-bond acceptors (Lipinski definition) is 3. The Balaban J connectivity index is 1.94. The van der Waals surface area contributed by atoms with E-state index < -0.39 is 0 Å². The molecule has 3 rings (SSSR count). The Kier molecular flexibility index (Phi) is 2.67. The normalized spacial score (nSPS) is 13.3. The Bertz CT molecular complexity index is 649. The second kappa shape index (κ2) is 4.35. The van der Waals surface area contributed by atoms with Crippen LogP contribution >= 0.6 is 0 Å². The number of aryl methyl sites for hydroxylation is 1. The quantitative estimate of drug-likeness (QED) is 0.832. The minimum absolute atomic E-state index is 0.656. The topological polar surface area (TPSA) is 38.5 Å². The Hall–Kier alpha value is -2.42. The molecule has 0 spiro atoms. The van der Waals surface area contributed by atoms with Crippen molar-refractivity contribution in [3.8, 4) is 5.75 Å². The van der Waals surface area contributed by atoms with Crippen LogP contribution in [0, 0.1) is 6.92 Å². The number of benzene rings is 2. The SMILES string of the molecule is C=C1Oc2ccc(C)cc2N1Cc1cccc(N)c1. The Labute approximate surface area is 112 Å². The number of nitrogens with two attached hydrogens (primary N) is 1. The van der Waals surface area contributed by atoms with Gasteiger partial charge < -0.3 is 15.4 Å². The summed E-state index contributed by atoms with van der Waals surface area (Å²) in [6.07, 6.45) is 0. The highest BCUT2D eigenvalue weighted by molar-refractivity contribution is 5.67. The number of anilines is 2. The van der Waals surface area contributed by atoms with Crippen molar-refractivity contribution in [3.05, 3.63) is 66.1 Å². The third kappa shape index (κ3) is 2.15. The molecule has 1 aliphatic heterocycles. The molecule has 19 heavy (non-hydrogen) atoms. The zero-order valence-electron chi connectivity index (χ0n) is 10.9. The third-order valence-electron chi connectivity index (χ3n) is 3.23. The lowest BCUT2D eigenvalue weighted by Crippen LogP contribution is -2.18. The molecule has 1 heterocycles. The average Bonchev–Trinajstić information content (AvgIpc) is 2.66. The monoisotopic (exact) mass is 252 g/mol. The molecule has 2 N–H and O–H groups in total. The lowest BCUT2D eigenvalue weighted by atomic mass is 10.1. The van der Waals surface area contributed by atoms with Crippen LogP contribution in [-0.2, 0) is 6.54 Å². The average molecular weight is 252 g/mol. The van der Waals surface area contributed by atoms with Crippen molar-refractivity contribution in [1.29, 1.82) is 0 Å². The van der Waals surface area contributed by atoms with Crippen LogP contribution in [0.4, 0.5) is 11.4 Å². The predicted octanol–water partition coefficient (Wildman–Crippen LogP) is 3.45. The van der Waals surface area contributed by atoms with E-state index in [1.807, 2.05) is 30.3 Å². The summed E-state index contributed by atoms with van der Waals surface area (Å²) in [6, 6.07) is 14.0. The van der Waals surface area contributed by atoms with Crippen LogP contribution in [0.25, 0.3) is 0 Å². The second-order valence-corrected chi connectivity index (χ2v) is 4.80. The van der Waals surface area contributed by atoms with Crippen molar-refractivity contribution in [2.75, 3.05) is 10.6 Å². The van der Waals surface area contributed by atoms with Gasteiger partial charge in [-0.2, -0.15) is 0 Å². The van der Waals surface area contributed by atoms with Gasteiger partial charge in [-0.05, 0) is 48.9 Å². The van der Waals surface area contributed by atoms with Crippen LogP contribution in [-0.4, -0.2) is 0 Å². The maximum Gasteiger partial charge on any atom is 0.193 e. The molecule has 0 radical (unpaired) electrons. The maximum absolute atomic E-state index is 5.81. The molecule has 0 aromatic heterocycles. The summed E-state index contributed by atoms with van der Waals surface area (Å²) in [5, 5.41) is 0. The van der Waals surface area contributed by atoms with Gasteiger partial charge in [-0.3, -0.25) is 0 Å². The third-order valence-corrected chi connectivity index (χ3v) is 3.23. The number of fused-ring (bicyclic) bond motifs is 1. The van der Waals surface area contributed by atoms with E-state index in [4.69, 9.17) is 10.5 Å². The molecule has 0 unspecified atom stereocenters. The van der Waals surface area contributed by atoms with E-state index in [0.29, 0.717) is 12.4 Å². The standard InChI is InChI=1S/C16H16N2O/c1-11-6-7-16-15(8-11)18(12(2)19-16)10-13-4-3-5-14(17)9-13/h3-9H,2,10,17H2,1H3. The summed E-state index contributed by atoms with van der Waals surface area (Å²) in [6.45, 7) is 6.75. The van der Waals surface area contributed by atoms with Crippen molar-refractivity contribution in [2.24, 2.45) is 0 Å². The molecule has 0 atom stereocenters. The molecule has 2 aromatic carbocycles. The van der Waals surface area contributed by atoms with Gasteiger partial charge in [0.1, 0.15) is 0 Å². The molecular formula is C16H16N2O. The van der Waals surface area contributed by atoms with Gasteiger partial charge >= 0.3 is 0 Å². The summed E-state index contributed by atoms with van der Waals surface area (Å²) in [7, 11) is 0. The summed E-state index contributed by atoms with van der Waals surface area (Å²) < 4.78 is 5.68. The highest BCUT2D eigenvalue weighted by atomic mass is 16.5. The fourth-order valence-corrected chi connectivity index (χ4v) is 2.29. The van der Waals surface area contributed by atoms with Crippen molar-refractivity contribution in [2.45, 2.75) is 13.5 Å². The Morgan fingerprint density at radius 3 is 2.84 bits per heavy atom. The smallest absolute Gasteiger partial charge is 0.193 e. The predicted molar refractivity (Wildman–Crippen MR) is 78.0 cm³/mol. The van der Waals surface area contributed by atoms with Gasteiger partial charge in [-0.15, -0.1) is 0 Å². The zero-order valence-corrected chi connectivity index (χ0v) is 10.9. The largest absolute Gasteiger partial charge is 0.439 e. The summed E-state index contributed by atoms with van der Waals surface area (Å²) in [5.74, 6) is 1.52. The van der Waals surface area contributed by atoms with Crippen molar-refractivity contribution < 1.29 is 4.74 Å². The maximum atomic E-state index is 5.81. The first-order valence-corrected chi connectivity index (χ1v) is 6.23. The Morgan fingerprint density at radius 2 is 2.05 bits per heavy atom. The number of nitrogens with zero attached hydrogens (tertiary/aromatic N) is 1. The highest BCUT2D eigenvalue weighted by Crippen LogP contribution is 2.39. The molecule has 2 aromatic rings. The summed E-state index contributed by atoms with van der Waals surface area (Å²) in [5.41, 5.74) is 9.99. The van der Waals surface area contributed by atoms with Crippen LogP contribution in [0.1, 0.15) is 11.1 Å². The first kappa shape index (κ1) is 11.7. The molecule has 0 aliphatic carbocycles. The van der Waals surface area contributed by atoms with E-state index in [2.05, 4.69) is 30.5 Å². The second-order valence-electron chi connectivity index (χ2n) is 4.80. The first-order chi connectivity index (χ1) is 9.13. The van der Waals surface area contributed by atoms with Crippen LogP contribution in [0.15, 0.2) is 54.9 Å². The first-order valence-electron chi connectivity index (χ1n) is 6.23.